The predicted molar refractivity (Wildman–Crippen MR) is 79.2 cm³/mol. The van der Waals surface area contributed by atoms with Gasteiger partial charge in [0.05, 0.1) is 6.54 Å². The van der Waals surface area contributed by atoms with Crippen molar-refractivity contribution < 1.29 is 5.11 Å². The van der Waals surface area contributed by atoms with E-state index in [2.05, 4.69) is 10.3 Å². The van der Waals surface area contributed by atoms with Crippen LogP contribution in [-0.2, 0) is 0 Å². The Balaban J connectivity index is 1.93. The summed E-state index contributed by atoms with van der Waals surface area (Å²) < 4.78 is 0. The Bertz CT molecular complexity index is 606. The van der Waals surface area contributed by atoms with Crippen molar-refractivity contribution in [1.82, 2.24) is 5.32 Å². The summed E-state index contributed by atoms with van der Waals surface area (Å²) in [5, 5.41) is 16.4. The normalized spacial score (nSPS) is 16.0. The Morgan fingerprint density at radius 3 is 2.74 bits per heavy atom. The second kappa shape index (κ2) is 5.33. The topological polar surface area (TPSA) is 44.6 Å². The van der Waals surface area contributed by atoms with E-state index >= 15 is 0 Å². The number of thiophene rings is 1. The number of aliphatic imine (C=N–C) groups is 1. The molecule has 1 aromatic carbocycles. The number of aliphatic hydroxyl groups is 1. The number of halogens is 1. The first-order chi connectivity index (χ1) is 9.25. The van der Waals surface area contributed by atoms with E-state index in [9.17, 15) is 5.11 Å². The first-order valence-corrected chi connectivity index (χ1v) is 7.31. The minimum atomic E-state index is -0.641. The van der Waals surface area contributed by atoms with Crippen LogP contribution in [0.3, 0.4) is 0 Å². The molecule has 1 atom stereocenters. The molecule has 0 spiro atoms. The van der Waals surface area contributed by atoms with Gasteiger partial charge in [-0.25, -0.2) is 0 Å². The smallest absolute Gasteiger partial charge is 0.129 e. The summed E-state index contributed by atoms with van der Waals surface area (Å²) >= 11 is 7.41. The molecule has 0 fully saturated rings. The first-order valence-electron chi connectivity index (χ1n) is 6.05. The lowest BCUT2D eigenvalue weighted by Gasteiger charge is -2.12. The molecule has 98 valence electrons. The zero-order valence-electron chi connectivity index (χ0n) is 10.1. The van der Waals surface area contributed by atoms with E-state index in [-0.39, 0.29) is 0 Å². The average molecular weight is 293 g/mol. The Morgan fingerprint density at radius 1 is 1.26 bits per heavy atom. The largest absolute Gasteiger partial charge is 0.383 e. The fraction of sp³-hybridized carbons (Fsp3) is 0.214. The standard InChI is InChI=1S/C14H13ClN2OS/c15-10-3-1-9(2-4-10)12(18)13-11(5-8-19-13)14-16-6-7-17-14/h1-5,8,12,18H,6-7H2,(H,16,17). The van der Waals surface area contributed by atoms with Crippen molar-refractivity contribution in [3.63, 3.8) is 0 Å². The van der Waals surface area contributed by atoms with Crippen LogP contribution in [0.5, 0.6) is 0 Å². The molecule has 1 unspecified atom stereocenters. The number of hydrogen-bond donors (Lipinski definition) is 2. The Kier molecular flexibility index (Phi) is 3.55. The van der Waals surface area contributed by atoms with Gasteiger partial charge in [-0.2, -0.15) is 0 Å². The molecule has 0 amide bonds. The van der Waals surface area contributed by atoms with Crippen molar-refractivity contribution in [3.8, 4) is 0 Å². The third kappa shape index (κ3) is 2.52. The van der Waals surface area contributed by atoms with Crippen molar-refractivity contribution in [3.05, 3.63) is 56.7 Å². The molecular weight excluding hydrogens is 280 g/mol. The van der Waals surface area contributed by atoms with Gasteiger partial charge in [0.15, 0.2) is 0 Å². The van der Waals surface area contributed by atoms with Gasteiger partial charge in [-0.3, -0.25) is 4.99 Å². The van der Waals surface area contributed by atoms with Crippen LogP contribution in [0.15, 0.2) is 40.7 Å². The van der Waals surface area contributed by atoms with Crippen molar-refractivity contribution in [1.29, 1.82) is 0 Å². The maximum absolute atomic E-state index is 10.5. The minimum Gasteiger partial charge on any atom is -0.383 e. The van der Waals surface area contributed by atoms with Gasteiger partial charge in [0.2, 0.25) is 0 Å². The molecule has 0 saturated heterocycles. The van der Waals surface area contributed by atoms with E-state index in [0.717, 1.165) is 34.9 Å². The molecule has 2 aromatic rings. The van der Waals surface area contributed by atoms with E-state index in [1.54, 1.807) is 12.1 Å². The van der Waals surface area contributed by atoms with Gasteiger partial charge in [0.25, 0.3) is 0 Å². The highest BCUT2D eigenvalue weighted by Gasteiger charge is 2.20. The number of rotatable bonds is 3. The Morgan fingerprint density at radius 2 is 2.05 bits per heavy atom. The fourth-order valence-electron chi connectivity index (χ4n) is 2.10. The number of amidine groups is 1. The summed E-state index contributed by atoms with van der Waals surface area (Å²) in [6.07, 6.45) is -0.641. The van der Waals surface area contributed by atoms with E-state index in [0.29, 0.717) is 5.02 Å². The molecule has 1 aliphatic rings. The molecular formula is C14H13ClN2OS. The zero-order valence-corrected chi connectivity index (χ0v) is 11.7. The van der Waals surface area contributed by atoms with Crippen LogP contribution in [0, 0.1) is 0 Å². The van der Waals surface area contributed by atoms with Crippen LogP contribution >= 0.6 is 22.9 Å². The molecule has 0 bridgehead atoms. The monoisotopic (exact) mass is 292 g/mol. The third-order valence-corrected chi connectivity index (χ3v) is 4.28. The quantitative estimate of drug-likeness (QED) is 0.914. The minimum absolute atomic E-state index is 0.641. The number of hydrogen-bond acceptors (Lipinski definition) is 4. The van der Waals surface area contributed by atoms with E-state index in [4.69, 9.17) is 11.6 Å². The molecule has 1 aliphatic heterocycles. The average Bonchev–Trinajstić information content (AvgIpc) is 3.09. The first kappa shape index (κ1) is 12.7. The highest BCUT2D eigenvalue weighted by Crippen LogP contribution is 2.30. The maximum Gasteiger partial charge on any atom is 0.129 e. The van der Waals surface area contributed by atoms with Crippen LogP contribution < -0.4 is 5.32 Å². The third-order valence-electron chi connectivity index (χ3n) is 3.06. The van der Waals surface area contributed by atoms with Crippen LogP contribution in [0.4, 0.5) is 0 Å². The van der Waals surface area contributed by atoms with Gasteiger partial charge in [-0.15, -0.1) is 11.3 Å². The highest BCUT2D eigenvalue weighted by molar-refractivity contribution is 7.10. The summed E-state index contributed by atoms with van der Waals surface area (Å²) in [7, 11) is 0. The maximum atomic E-state index is 10.5. The molecule has 2 N–H and O–H groups in total. The predicted octanol–water partition coefficient (Wildman–Crippen LogP) is 2.83. The van der Waals surface area contributed by atoms with Crippen molar-refractivity contribution in [2.24, 2.45) is 4.99 Å². The van der Waals surface area contributed by atoms with Gasteiger partial charge in [-0.1, -0.05) is 23.7 Å². The second-order valence-corrected chi connectivity index (χ2v) is 5.69. The van der Waals surface area contributed by atoms with E-state index in [1.807, 2.05) is 23.6 Å². The number of benzene rings is 1. The molecule has 3 rings (SSSR count). The van der Waals surface area contributed by atoms with Crippen molar-refractivity contribution in [2.75, 3.05) is 13.1 Å². The van der Waals surface area contributed by atoms with Gasteiger partial charge >= 0.3 is 0 Å². The molecule has 3 nitrogen and oxygen atoms in total. The fourth-order valence-corrected chi connectivity index (χ4v) is 3.14. The van der Waals surface area contributed by atoms with Gasteiger partial charge in [0.1, 0.15) is 11.9 Å². The number of aliphatic hydroxyl groups excluding tert-OH is 1. The lowest BCUT2D eigenvalue weighted by atomic mass is 10.0. The molecule has 0 saturated carbocycles. The van der Waals surface area contributed by atoms with Crippen LogP contribution in [0.1, 0.15) is 22.1 Å². The van der Waals surface area contributed by atoms with Crippen LogP contribution in [0.2, 0.25) is 5.02 Å². The lowest BCUT2D eigenvalue weighted by Crippen LogP contribution is -2.20. The van der Waals surface area contributed by atoms with E-state index in [1.165, 1.54) is 11.3 Å². The SMILES string of the molecule is OC(c1ccc(Cl)cc1)c1sccc1C1=NCCN1. The summed E-state index contributed by atoms with van der Waals surface area (Å²) in [6, 6.07) is 9.27. The Labute approximate surface area is 120 Å². The second-order valence-electron chi connectivity index (χ2n) is 4.31. The Hall–Kier alpha value is -1.36. The van der Waals surface area contributed by atoms with Crippen molar-refractivity contribution >= 4 is 28.8 Å². The van der Waals surface area contributed by atoms with Gasteiger partial charge in [0, 0.05) is 22.0 Å². The highest BCUT2D eigenvalue weighted by atomic mass is 35.5. The van der Waals surface area contributed by atoms with Gasteiger partial charge < -0.3 is 10.4 Å². The lowest BCUT2D eigenvalue weighted by molar-refractivity contribution is 0.224. The summed E-state index contributed by atoms with van der Waals surface area (Å²) in [5.74, 6) is 0.879. The summed E-state index contributed by atoms with van der Waals surface area (Å²) in [6.45, 7) is 1.66. The van der Waals surface area contributed by atoms with E-state index < -0.39 is 6.10 Å². The summed E-state index contributed by atoms with van der Waals surface area (Å²) in [5.41, 5.74) is 1.83. The van der Waals surface area contributed by atoms with Crippen LogP contribution in [0.25, 0.3) is 0 Å². The molecule has 0 radical (unpaired) electrons. The molecule has 2 heterocycles. The molecule has 1 aromatic heterocycles. The zero-order chi connectivity index (χ0) is 13.2. The van der Waals surface area contributed by atoms with Crippen LogP contribution in [-0.4, -0.2) is 24.0 Å². The molecule has 19 heavy (non-hydrogen) atoms. The van der Waals surface area contributed by atoms with Crippen molar-refractivity contribution in [2.45, 2.75) is 6.10 Å². The number of nitrogens with one attached hydrogen (secondary N) is 1. The molecule has 5 heteroatoms. The van der Waals surface area contributed by atoms with Gasteiger partial charge in [-0.05, 0) is 29.1 Å². The summed E-state index contributed by atoms with van der Waals surface area (Å²) in [4.78, 5) is 5.32. The molecule has 0 aliphatic carbocycles. The number of nitrogens with zero attached hydrogens (tertiary/aromatic N) is 1.